The second-order valence-electron chi connectivity index (χ2n) is 4.09. The van der Waals surface area contributed by atoms with Crippen LogP contribution in [0.1, 0.15) is 10.4 Å². The molecule has 0 unspecified atom stereocenters. The van der Waals surface area contributed by atoms with Gasteiger partial charge in [0.25, 0.3) is 0 Å². The third-order valence-electron chi connectivity index (χ3n) is 2.52. The summed E-state index contributed by atoms with van der Waals surface area (Å²) in [6, 6.07) is 4.64. The Balaban J connectivity index is 2.96. The van der Waals surface area contributed by atoms with Gasteiger partial charge < -0.3 is 15.7 Å². The third-order valence-corrected chi connectivity index (χ3v) is 3.45. The maximum atomic E-state index is 11.1. The zero-order valence-corrected chi connectivity index (χ0v) is 11.1. The number of para-hydroxylation sites is 1. The van der Waals surface area contributed by atoms with E-state index in [0.717, 1.165) is 6.26 Å². The Morgan fingerprint density at radius 2 is 2.06 bits per heavy atom. The molecule has 1 rings (SSSR count). The second-order valence-corrected chi connectivity index (χ2v) is 6.35. The van der Waals surface area contributed by atoms with Gasteiger partial charge in [0.15, 0.2) is 0 Å². The fourth-order valence-corrected chi connectivity index (χ4v) is 2.10. The van der Waals surface area contributed by atoms with Crippen molar-refractivity contribution in [2.45, 2.75) is 0 Å². The molecule has 0 spiro atoms. The molecule has 0 bridgehead atoms. The Labute approximate surface area is 106 Å². The first-order valence-corrected chi connectivity index (χ1v) is 7.29. The Bertz CT molecular complexity index is 554. The van der Waals surface area contributed by atoms with E-state index in [2.05, 4.69) is 0 Å². The van der Waals surface area contributed by atoms with E-state index in [1.807, 2.05) is 0 Å². The summed E-state index contributed by atoms with van der Waals surface area (Å²) >= 11 is 0. The van der Waals surface area contributed by atoms with E-state index < -0.39 is 15.8 Å². The van der Waals surface area contributed by atoms with Gasteiger partial charge in [0.1, 0.15) is 9.84 Å². The lowest BCUT2D eigenvalue weighted by Gasteiger charge is -2.21. The Morgan fingerprint density at radius 1 is 1.44 bits per heavy atom. The van der Waals surface area contributed by atoms with Crippen molar-refractivity contribution in [2.75, 3.05) is 36.2 Å². The Morgan fingerprint density at radius 3 is 2.56 bits per heavy atom. The first-order valence-electron chi connectivity index (χ1n) is 5.23. The van der Waals surface area contributed by atoms with Gasteiger partial charge in [-0.05, 0) is 12.1 Å². The fraction of sp³-hybridized carbons (Fsp3) is 0.364. The highest BCUT2D eigenvalue weighted by atomic mass is 32.2. The molecule has 0 amide bonds. The molecule has 0 saturated heterocycles. The third kappa shape index (κ3) is 3.63. The summed E-state index contributed by atoms with van der Waals surface area (Å²) in [6.45, 7) is 0.256. The molecule has 0 saturated carbocycles. The summed E-state index contributed by atoms with van der Waals surface area (Å²) in [5.41, 5.74) is 6.42. The van der Waals surface area contributed by atoms with Crippen molar-refractivity contribution in [2.24, 2.45) is 0 Å². The van der Waals surface area contributed by atoms with Crippen molar-refractivity contribution >= 4 is 27.2 Å². The molecule has 0 fully saturated rings. The molecule has 3 N–H and O–H groups in total. The largest absolute Gasteiger partial charge is 0.478 e. The van der Waals surface area contributed by atoms with E-state index in [-0.39, 0.29) is 23.5 Å². The van der Waals surface area contributed by atoms with Gasteiger partial charge in [0.05, 0.1) is 22.7 Å². The van der Waals surface area contributed by atoms with Crippen molar-refractivity contribution in [3.8, 4) is 0 Å². The van der Waals surface area contributed by atoms with Gasteiger partial charge in [-0.15, -0.1) is 0 Å². The molecular weight excluding hydrogens is 256 g/mol. The van der Waals surface area contributed by atoms with Gasteiger partial charge >= 0.3 is 5.97 Å². The van der Waals surface area contributed by atoms with Gasteiger partial charge in [-0.3, -0.25) is 0 Å². The van der Waals surface area contributed by atoms with Crippen LogP contribution in [0.2, 0.25) is 0 Å². The first-order chi connectivity index (χ1) is 8.22. The van der Waals surface area contributed by atoms with E-state index >= 15 is 0 Å². The van der Waals surface area contributed by atoms with Crippen LogP contribution in [0, 0.1) is 0 Å². The predicted octanol–water partition coefficient (Wildman–Crippen LogP) is 0.448. The molecule has 100 valence electrons. The second kappa shape index (κ2) is 5.26. The number of hydrogen-bond acceptors (Lipinski definition) is 5. The normalized spacial score (nSPS) is 11.2. The molecule has 0 atom stereocenters. The minimum Gasteiger partial charge on any atom is -0.478 e. The van der Waals surface area contributed by atoms with E-state index in [4.69, 9.17) is 10.8 Å². The SMILES string of the molecule is CN(CCS(C)(=O)=O)c1cccc(C(=O)O)c1N. The van der Waals surface area contributed by atoms with Gasteiger partial charge in [-0.2, -0.15) is 0 Å². The Hall–Kier alpha value is -1.76. The Kier molecular flexibility index (Phi) is 4.18. The maximum Gasteiger partial charge on any atom is 0.337 e. The fourth-order valence-electron chi connectivity index (χ4n) is 1.50. The van der Waals surface area contributed by atoms with E-state index in [1.165, 1.54) is 6.07 Å². The average molecular weight is 272 g/mol. The molecule has 0 heterocycles. The molecule has 0 aliphatic rings. The molecule has 0 radical (unpaired) electrons. The van der Waals surface area contributed by atoms with Crippen molar-refractivity contribution < 1.29 is 18.3 Å². The highest BCUT2D eigenvalue weighted by Gasteiger charge is 2.14. The van der Waals surface area contributed by atoms with Gasteiger partial charge in [-0.25, -0.2) is 13.2 Å². The van der Waals surface area contributed by atoms with Crippen LogP contribution in [0.3, 0.4) is 0 Å². The lowest BCUT2D eigenvalue weighted by atomic mass is 10.1. The van der Waals surface area contributed by atoms with E-state index in [9.17, 15) is 13.2 Å². The number of nitrogen functional groups attached to an aromatic ring is 1. The predicted molar refractivity (Wildman–Crippen MR) is 70.8 cm³/mol. The van der Waals surface area contributed by atoms with Gasteiger partial charge in [0.2, 0.25) is 0 Å². The topological polar surface area (TPSA) is 101 Å². The van der Waals surface area contributed by atoms with Gasteiger partial charge in [0, 0.05) is 19.8 Å². The standard InChI is InChI=1S/C11H16N2O4S/c1-13(6-7-18(2,16)17)9-5-3-4-8(10(9)12)11(14)15/h3-5H,6-7,12H2,1-2H3,(H,14,15). The van der Waals surface area contributed by atoms with Crippen LogP contribution in [-0.2, 0) is 9.84 Å². The quantitative estimate of drug-likeness (QED) is 0.755. The smallest absolute Gasteiger partial charge is 0.337 e. The first kappa shape index (κ1) is 14.3. The summed E-state index contributed by atoms with van der Waals surface area (Å²) in [7, 11) is -1.40. The lowest BCUT2D eigenvalue weighted by Crippen LogP contribution is -2.26. The van der Waals surface area contributed by atoms with Crippen molar-refractivity contribution in [1.29, 1.82) is 0 Å². The zero-order valence-electron chi connectivity index (χ0n) is 10.3. The highest BCUT2D eigenvalue weighted by molar-refractivity contribution is 7.90. The number of hydrogen-bond donors (Lipinski definition) is 2. The average Bonchev–Trinajstić information content (AvgIpc) is 2.24. The summed E-state index contributed by atoms with van der Waals surface area (Å²) < 4.78 is 22.2. The van der Waals surface area contributed by atoms with Crippen LogP contribution >= 0.6 is 0 Å². The van der Waals surface area contributed by atoms with Crippen LogP contribution in [-0.4, -0.2) is 45.1 Å². The van der Waals surface area contributed by atoms with E-state index in [1.54, 1.807) is 24.1 Å². The monoisotopic (exact) mass is 272 g/mol. The summed E-state index contributed by atoms with van der Waals surface area (Å²) in [5, 5.41) is 8.94. The zero-order chi connectivity index (χ0) is 13.9. The molecule has 0 aliphatic carbocycles. The molecule has 1 aromatic carbocycles. The van der Waals surface area contributed by atoms with Crippen LogP contribution < -0.4 is 10.6 Å². The number of benzene rings is 1. The molecule has 1 aromatic rings. The number of anilines is 2. The van der Waals surface area contributed by atoms with Crippen molar-refractivity contribution in [1.82, 2.24) is 0 Å². The van der Waals surface area contributed by atoms with Crippen LogP contribution in [0.4, 0.5) is 11.4 Å². The number of nitrogens with two attached hydrogens (primary N) is 1. The van der Waals surface area contributed by atoms with Gasteiger partial charge in [-0.1, -0.05) is 6.07 Å². The summed E-state index contributed by atoms with van der Waals surface area (Å²) in [4.78, 5) is 12.5. The van der Waals surface area contributed by atoms with Crippen molar-refractivity contribution in [3.63, 3.8) is 0 Å². The summed E-state index contributed by atoms with van der Waals surface area (Å²) in [5.74, 6) is -1.12. The molecule has 0 aliphatic heterocycles. The number of aromatic carboxylic acids is 1. The molecule has 0 aromatic heterocycles. The van der Waals surface area contributed by atoms with E-state index in [0.29, 0.717) is 5.69 Å². The number of sulfone groups is 1. The maximum absolute atomic E-state index is 11.1. The van der Waals surface area contributed by atoms with Crippen LogP contribution in [0.5, 0.6) is 0 Å². The van der Waals surface area contributed by atoms with Crippen LogP contribution in [0.25, 0.3) is 0 Å². The summed E-state index contributed by atoms with van der Waals surface area (Å²) in [6.07, 6.45) is 1.15. The minimum absolute atomic E-state index is 0.0127. The minimum atomic E-state index is -3.07. The molecular formula is C11H16N2O4S. The van der Waals surface area contributed by atoms with Crippen LogP contribution in [0.15, 0.2) is 18.2 Å². The molecule has 7 heteroatoms. The molecule has 18 heavy (non-hydrogen) atoms. The number of carboxylic acids is 1. The van der Waals surface area contributed by atoms with Crippen molar-refractivity contribution in [3.05, 3.63) is 23.8 Å². The lowest BCUT2D eigenvalue weighted by molar-refractivity contribution is 0.0698. The number of carbonyl (C=O) groups is 1. The highest BCUT2D eigenvalue weighted by Crippen LogP contribution is 2.25. The number of nitrogens with zero attached hydrogens (tertiary/aromatic N) is 1. The number of carboxylic acid groups (broad SMARTS) is 1. The molecule has 6 nitrogen and oxygen atoms in total. The number of rotatable bonds is 5.